The number of fused-ring (bicyclic) bond motifs is 4. The number of benzene rings is 3. The number of nitrogens with zero attached hydrogens (tertiary/aromatic N) is 6. The molecule has 1 N–H and O–H groups in total. The molecule has 4 heterocycles. The lowest BCUT2D eigenvalue weighted by Crippen LogP contribution is -2.44. The monoisotopic (exact) mass is 630 g/mol. The topological polar surface area (TPSA) is 105 Å². The van der Waals surface area contributed by atoms with Gasteiger partial charge in [-0.05, 0) is 42.3 Å². The number of ether oxygens (including phenoxy) is 2. The molecule has 47 heavy (non-hydrogen) atoms. The molecule has 0 fully saturated rings. The summed E-state index contributed by atoms with van der Waals surface area (Å²) in [5, 5.41) is 4.00. The van der Waals surface area contributed by atoms with E-state index in [0.717, 1.165) is 45.7 Å². The van der Waals surface area contributed by atoms with Crippen LogP contribution < -0.4 is 25.4 Å². The van der Waals surface area contributed by atoms with Gasteiger partial charge < -0.3 is 19.7 Å². The van der Waals surface area contributed by atoms with Crippen LogP contribution in [0.3, 0.4) is 0 Å². The minimum Gasteiger partial charge on any atom is -0.493 e. The van der Waals surface area contributed by atoms with Crippen LogP contribution in [0.5, 0.6) is 5.75 Å². The number of anilines is 5. The Morgan fingerprint density at radius 2 is 1.85 bits per heavy atom. The van der Waals surface area contributed by atoms with Crippen LogP contribution in [0, 0.1) is 6.92 Å². The van der Waals surface area contributed by atoms with Gasteiger partial charge in [0, 0.05) is 36.4 Å². The highest BCUT2D eigenvalue weighted by Gasteiger charge is 2.32. The third-order valence-electron chi connectivity index (χ3n) is 8.44. The number of amides is 1. The Balaban J connectivity index is 1.27. The van der Waals surface area contributed by atoms with E-state index in [4.69, 9.17) is 14.5 Å². The van der Waals surface area contributed by atoms with Gasteiger partial charge in [0.25, 0.3) is 5.56 Å². The van der Waals surface area contributed by atoms with Gasteiger partial charge in [0.05, 0.1) is 30.9 Å². The molecule has 11 heteroatoms. The largest absolute Gasteiger partial charge is 0.493 e. The number of aromatic nitrogens is 3. The molecule has 4 bridgehead atoms. The number of hydrogen-bond acceptors (Lipinski definition) is 8. The van der Waals surface area contributed by atoms with Gasteiger partial charge in [0.1, 0.15) is 37.0 Å². The predicted octanol–water partition coefficient (Wildman–Crippen LogP) is 5.63. The van der Waals surface area contributed by atoms with Crippen molar-refractivity contribution in [2.75, 3.05) is 48.4 Å². The fourth-order valence-electron chi connectivity index (χ4n) is 6.07. The fourth-order valence-corrected chi connectivity index (χ4v) is 6.07. The molecule has 0 radical (unpaired) electrons. The number of rotatable bonds is 3. The number of para-hydroxylation sites is 1. The molecule has 0 unspecified atom stereocenters. The number of pyridine rings is 1. The third-order valence-corrected chi connectivity index (χ3v) is 8.44. The van der Waals surface area contributed by atoms with Crippen molar-refractivity contribution >= 4 is 52.0 Å². The molecule has 3 aromatic carbocycles. The second-order valence-electron chi connectivity index (χ2n) is 11.7. The van der Waals surface area contributed by atoms with E-state index < -0.39 is 6.09 Å². The SMILES string of the molecule is Cc1cccc2c1N(C(=O)OCc1ccccc1)CCN2c1cc2cnc3nc2n(c1=O)CC[N+](C)=CCCOc1cccc(c1)N3. The number of carbonyl (C=O) groups is 1. The van der Waals surface area contributed by atoms with Crippen molar-refractivity contribution in [3.63, 3.8) is 0 Å². The van der Waals surface area contributed by atoms with Crippen molar-refractivity contribution in [3.05, 3.63) is 107 Å². The number of hydrogen-bond donors (Lipinski definition) is 1. The summed E-state index contributed by atoms with van der Waals surface area (Å²) < 4.78 is 15.5. The molecule has 0 saturated heterocycles. The summed E-state index contributed by atoms with van der Waals surface area (Å²) in [6.07, 6.45) is 4.12. The molecule has 2 aromatic heterocycles. The highest BCUT2D eigenvalue weighted by molar-refractivity contribution is 5.97. The van der Waals surface area contributed by atoms with Crippen molar-refractivity contribution in [1.29, 1.82) is 0 Å². The van der Waals surface area contributed by atoms with Crippen molar-refractivity contribution in [1.82, 2.24) is 14.5 Å². The van der Waals surface area contributed by atoms with Gasteiger partial charge in [-0.2, -0.15) is 4.98 Å². The molecule has 2 aliphatic rings. The smallest absolute Gasteiger partial charge is 0.414 e. The number of likely N-dealkylation sites (N-methyl/N-ethyl adjacent to an activating group) is 1. The number of nitrogens with one attached hydrogen (secondary N) is 1. The first-order valence-electron chi connectivity index (χ1n) is 15.7. The van der Waals surface area contributed by atoms with Crippen molar-refractivity contribution in [2.45, 2.75) is 26.5 Å². The Hall–Kier alpha value is -5.71. The van der Waals surface area contributed by atoms with Gasteiger partial charge in [0.15, 0.2) is 6.54 Å². The van der Waals surface area contributed by atoms with E-state index in [0.29, 0.717) is 50.1 Å². The summed E-state index contributed by atoms with van der Waals surface area (Å²) in [5.74, 6) is 1.14. The lowest BCUT2D eigenvalue weighted by Gasteiger charge is -2.38. The van der Waals surface area contributed by atoms with Crippen LogP contribution in [0.1, 0.15) is 17.5 Å². The van der Waals surface area contributed by atoms with Gasteiger partial charge in [-0.25, -0.2) is 14.4 Å². The third kappa shape index (κ3) is 6.24. The molecule has 5 aromatic rings. The molecular weight excluding hydrogens is 594 g/mol. The molecule has 0 atom stereocenters. The zero-order chi connectivity index (χ0) is 32.3. The Morgan fingerprint density at radius 1 is 1.00 bits per heavy atom. The van der Waals surface area contributed by atoms with E-state index in [1.54, 1.807) is 15.7 Å². The molecular formula is C36H36N7O4+. The van der Waals surface area contributed by atoms with Gasteiger partial charge in [-0.15, -0.1) is 0 Å². The zero-order valence-electron chi connectivity index (χ0n) is 26.4. The summed E-state index contributed by atoms with van der Waals surface area (Å²) in [6, 6.07) is 25.0. The Kier molecular flexibility index (Phi) is 8.26. The zero-order valence-corrected chi connectivity index (χ0v) is 26.4. The van der Waals surface area contributed by atoms with E-state index in [1.165, 1.54) is 0 Å². The first kappa shape index (κ1) is 30.0. The van der Waals surface area contributed by atoms with Gasteiger partial charge >= 0.3 is 6.09 Å². The normalized spacial score (nSPS) is 14.7. The summed E-state index contributed by atoms with van der Waals surface area (Å²) in [4.78, 5) is 40.9. The van der Waals surface area contributed by atoms with E-state index >= 15 is 0 Å². The summed E-state index contributed by atoms with van der Waals surface area (Å²) in [6.45, 7) is 4.43. The number of carbonyl (C=O) groups excluding carboxylic acids is 1. The molecule has 0 spiro atoms. The van der Waals surface area contributed by atoms with E-state index in [1.807, 2.05) is 97.7 Å². The highest BCUT2D eigenvalue weighted by Crippen LogP contribution is 2.40. The van der Waals surface area contributed by atoms with Gasteiger partial charge in [-0.1, -0.05) is 48.5 Å². The second-order valence-corrected chi connectivity index (χ2v) is 11.7. The van der Waals surface area contributed by atoms with Crippen molar-refractivity contribution < 1.29 is 18.8 Å². The molecule has 7 rings (SSSR count). The van der Waals surface area contributed by atoms with Crippen LogP contribution in [-0.2, 0) is 17.9 Å². The maximum absolute atomic E-state index is 14.4. The minimum absolute atomic E-state index is 0.169. The molecule has 238 valence electrons. The van der Waals surface area contributed by atoms with Crippen LogP contribution in [-0.4, -0.2) is 64.7 Å². The average molecular weight is 631 g/mol. The molecule has 0 saturated carbocycles. The maximum atomic E-state index is 14.4. The predicted molar refractivity (Wildman–Crippen MR) is 183 cm³/mol. The molecule has 2 aliphatic heterocycles. The summed E-state index contributed by atoms with van der Waals surface area (Å²) in [7, 11) is 1.99. The van der Waals surface area contributed by atoms with Crippen molar-refractivity contribution in [2.24, 2.45) is 0 Å². The van der Waals surface area contributed by atoms with E-state index in [-0.39, 0.29) is 12.2 Å². The summed E-state index contributed by atoms with van der Waals surface area (Å²) >= 11 is 0. The summed E-state index contributed by atoms with van der Waals surface area (Å²) in [5.41, 5.74) is 4.97. The Labute approximate surface area is 272 Å². The average Bonchev–Trinajstić information content (AvgIpc) is 3.09. The lowest BCUT2D eigenvalue weighted by atomic mass is 10.1. The van der Waals surface area contributed by atoms with Crippen LogP contribution >= 0.6 is 0 Å². The van der Waals surface area contributed by atoms with E-state index in [9.17, 15) is 9.59 Å². The molecule has 0 aliphatic carbocycles. The van der Waals surface area contributed by atoms with Crippen LogP contribution in [0.15, 0.2) is 89.9 Å². The van der Waals surface area contributed by atoms with Crippen molar-refractivity contribution in [3.8, 4) is 5.75 Å². The fraction of sp³-hybridized carbons (Fsp3) is 0.250. The second kappa shape index (κ2) is 13.0. The first-order valence-corrected chi connectivity index (χ1v) is 15.7. The lowest BCUT2D eigenvalue weighted by molar-refractivity contribution is -0.495. The van der Waals surface area contributed by atoms with Gasteiger partial charge in [0.2, 0.25) is 5.95 Å². The molecule has 1 amide bonds. The van der Waals surface area contributed by atoms with Crippen LogP contribution in [0.2, 0.25) is 0 Å². The standard InChI is InChI=1S/C36H35N7O4/c1-25-9-6-14-30-32(25)42(36(45)47-24-26-10-4-3-5-11-26)19-18-41(30)31-21-27-23-37-35-38-28-12-7-13-29(22-28)46-20-8-15-40(2)16-17-43(34(31)44)33(27)39-35/h3-7,9-15,21-23H,8,16-20,24H2,1-2H3/p+1. The Bertz CT molecular complexity index is 2040. The first-order chi connectivity index (χ1) is 22.9. The van der Waals surface area contributed by atoms with E-state index in [2.05, 4.69) is 21.1 Å². The quantitative estimate of drug-likeness (QED) is 0.256. The number of aryl methyl sites for hydroxylation is 1. The Morgan fingerprint density at radius 3 is 2.72 bits per heavy atom. The van der Waals surface area contributed by atoms with Crippen LogP contribution in [0.25, 0.3) is 11.0 Å². The van der Waals surface area contributed by atoms with Gasteiger partial charge in [-0.3, -0.25) is 14.3 Å². The molecule has 11 nitrogen and oxygen atoms in total. The minimum atomic E-state index is -0.424. The maximum Gasteiger partial charge on any atom is 0.414 e. The highest BCUT2D eigenvalue weighted by atomic mass is 16.6. The van der Waals surface area contributed by atoms with Crippen LogP contribution in [0.4, 0.5) is 33.5 Å².